The third-order valence-corrected chi connectivity index (χ3v) is 9.60. The van der Waals surface area contributed by atoms with Gasteiger partial charge in [-0.15, -0.1) is 0 Å². The van der Waals surface area contributed by atoms with Gasteiger partial charge in [-0.25, -0.2) is 0 Å². The molecule has 1 unspecified atom stereocenters. The molecule has 8 aromatic rings. The van der Waals surface area contributed by atoms with Crippen LogP contribution < -0.4 is 4.90 Å². The third kappa shape index (κ3) is 4.99. The van der Waals surface area contributed by atoms with Crippen molar-refractivity contribution in [2.24, 2.45) is 0 Å². The van der Waals surface area contributed by atoms with Crippen molar-refractivity contribution >= 4 is 49.8 Å². The summed E-state index contributed by atoms with van der Waals surface area (Å²) >= 11 is 0. The fraction of sp³-hybridized carbons (Fsp3) is 0.0435. The van der Waals surface area contributed by atoms with Crippen LogP contribution in [0.25, 0.3) is 55.0 Å². The summed E-state index contributed by atoms with van der Waals surface area (Å²) in [5, 5.41) is 4.90. The minimum Gasteiger partial charge on any atom is -0.456 e. The second-order valence-corrected chi connectivity index (χ2v) is 12.5. The van der Waals surface area contributed by atoms with Crippen molar-refractivity contribution in [3.63, 3.8) is 0 Å². The van der Waals surface area contributed by atoms with Crippen LogP contribution in [0.5, 0.6) is 0 Å². The maximum atomic E-state index is 6.62. The van der Waals surface area contributed by atoms with Crippen LogP contribution in [0.3, 0.4) is 0 Å². The summed E-state index contributed by atoms with van der Waals surface area (Å²) in [6.07, 6.45) is 9.85. The molecule has 7 aromatic carbocycles. The zero-order chi connectivity index (χ0) is 31.9. The van der Waals surface area contributed by atoms with E-state index in [9.17, 15) is 0 Å². The summed E-state index contributed by atoms with van der Waals surface area (Å²) in [7, 11) is 0. The Bertz CT molecular complexity index is 2450. The Balaban J connectivity index is 1.08. The van der Waals surface area contributed by atoms with Crippen LogP contribution in [-0.4, -0.2) is 0 Å². The predicted octanol–water partition coefficient (Wildman–Crippen LogP) is 13.1. The van der Waals surface area contributed by atoms with Gasteiger partial charge < -0.3 is 9.32 Å². The normalized spacial score (nSPS) is 14.2. The minimum absolute atomic E-state index is 0.351. The molecule has 1 atom stereocenters. The monoisotopic (exact) mass is 615 g/mol. The topological polar surface area (TPSA) is 16.4 Å². The van der Waals surface area contributed by atoms with E-state index in [1.807, 2.05) is 0 Å². The highest BCUT2D eigenvalue weighted by Crippen LogP contribution is 2.42. The summed E-state index contributed by atoms with van der Waals surface area (Å²) in [6, 6.07) is 56.4. The van der Waals surface area contributed by atoms with E-state index in [0.29, 0.717) is 5.92 Å². The molecule has 1 heterocycles. The van der Waals surface area contributed by atoms with E-state index in [2.05, 4.69) is 187 Å². The molecule has 228 valence electrons. The number of furan rings is 1. The van der Waals surface area contributed by atoms with Crippen LogP contribution >= 0.6 is 0 Å². The van der Waals surface area contributed by atoms with E-state index < -0.39 is 0 Å². The van der Waals surface area contributed by atoms with Crippen LogP contribution in [-0.2, 0) is 0 Å². The van der Waals surface area contributed by atoms with Crippen LogP contribution in [0, 0.1) is 0 Å². The number of nitrogens with zero attached hydrogens (tertiary/aromatic N) is 1. The van der Waals surface area contributed by atoms with E-state index in [1.165, 1.54) is 32.8 Å². The number of hydrogen-bond donors (Lipinski definition) is 0. The van der Waals surface area contributed by atoms with Gasteiger partial charge in [0.25, 0.3) is 0 Å². The molecule has 0 saturated carbocycles. The number of benzene rings is 7. The van der Waals surface area contributed by atoms with E-state index in [1.54, 1.807) is 0 Å². The molecule has 0 bridgehead atoms. The Morgan fingerprint density at radius 2 is 1.04 bits per heavy atom. The van der Waals surface area contributed by atoms with Crippen molar-refractivity contribution in [3.8, 4) is 22.3 Å². The van der Waals surface area contributed by atoms with E-state index in [-0.39, 0.29) is 0 Å². The first-order valence-electron chi connectivity index (χ1n) is 16.6. The van der Waals surface area contributed by atoms with Gasteiger partial charge in [-0.2, -0.15) is 0 Å². The molecule has 0 amide bonds. The Morgan fingerprint density at radius 1 is 0.458 bits per heavy atom. The average Bonchev–Trinajstić information content (AvgIpc) is 3.54. The molecular weight excluding hydrogens is 583 g/mol. The van der Waals surface area contributed by atoms with Gasteiger partial charge in [-0.1, -0.05) is 127 Å². The molecule has 1 aliphatic rings. The van der Waals surface area contributed by atoms with Crippen molar-refractivity contribution in [2.75, 3.05) is 4.90 Å². The molecule has 1 aromatic heterocycles. The lowest BCUT2D eigenvalue weighted by atomic mass is 9.87. The van der Waals surface area contributed by atoms with Gasteiger partial charge in [0.1, 0.15) is 11.2 Å². The number of fused-ring (bicyclic) bond motifs is 5. The minimum atomic E-state index is 0.351. The average molecular weight is 616 g/mol. The Kier molecular flexibility index (Phi) is 6.98. The van der Waals surface area contributed by atoms with E-state index >= 15 is 0 Å². The van der Waals surface area contributed by atoms with Gasteiger partial charge in [0.05, 0.1) is 0 Å². The first-order valence-corrected chi connectivity index (χ1v) is 16.6. The highest BCUT2D eigenvalue weighted by Gasteiger charge is 2.19. The first kappa shape index (κ1) is 28.1. The second kappa shape index (κ2) is 11.9. The number of anilines is 3. The Labute approximate surface area is 280 Å². The lowest BCUT2D eigenvalue weighted by Gasteiger charge is -2.26. The standard InChI is InChI=1S/C46H33NO/c1-4-12-32(13-5-1)33-20-25-38(26-21-33)47(37-16-8-3-9-17-37)39-27-22-34(23-28-39)36-24-29-42-44(30-36)48-45-31-43(35-14-6-2-7-15-35)40-18-10-11-19-41(40)46(42)45/h1-14,16-31,35H,15H2. The lowest BCUT2D eigenvalue weighted by molar-refractivity contribution is 0.668. The number of para-hydroxylation sites is 1. The molecule has 1 aliphatic carbocycles. The molecule has 0 aliphatic heterocycles. The van der Waals surface area contributed by atoms with Gasteiger partial charge in [0, 0.05) is 33.8 Å². The summed E-state index contributed by atoms with van der Waals surface area (Å²) in [4.78, 5) is 2.31. The second-order valence-electron chi connectivity index (χ2n) is 12.5. The zero-order valence-corrected chi connectivity index (χ0v) is 26.5. The fourth-order valence-electron chi connectivity index (χ4n) is 7.23. The summed E-state index contributed by atoms with van der Waals surface area (Å²) in [5.74, 6) is 0.351. The van der Waals surface area contributed by atoms with Gasteiger partial charge in [-0.05, 0) is 99.6 Å². The molecular formula is C46H33NO. The van der Waals surface area contributed by atoms with Crippen molar-refractivity contribution < 1.29 is 4.42 Å². The molecule has 48 heavy (non-hydrogen) atoms. The summed E-state index contributed by atoms with van der Waals surface area (Å²) in [5.41, 5.74) is 11.2. The van der Waals surface area contributed by atoms with Crippen LogP contribution in [0.2, 0.25) is 0 Å². The van der Waals surface area contributed by atoms with Crippen molar-refractivity contribution in [1.82, 2.24) is 0 Å². The molecule has 2 nitrogen and oxygen atoms in total. The van der Waals surface area contributed by atoms with Gasteiger partial charge in [0.15, 0.2) is 0 Å². The quantitative estimate of drug-likeness (QED) is 0.185. The molecule has 0 saturated heterocycles. The summed E-state index contributed by atoms with van der Waals surface area (Å²) < 4.78 is 6.62. The lowest BCUT2D eigenvalue weighted by Crippen LogP contribution is -2.09. The van der Waals surface area contributed by atoms with Gasteiger partial charge in [-0.3, -0.25) is 0 Å². The van der Waals surface area contributed by atoms with Crippen molar-refractivity contribution in [3.05, 3.63) is 188 Å². The Hall–Kier alpha value is -6.12. The largest absolute Gasteiger partial charge is 0.456 e. The SMILES string of the molecule is C1=CCC(c2cc3oc4cc(-c5ccc(N(c6ccccc6)c6ccc(-c7ccccc7)cc6)cc5)ccc4c3c3ccccc23)C=C1. The van der Waals surface area contributed by atoms with Gasteiger partial charge in [0.2, 0.25) is 0 Å². The third-order valence-electron chi connectivity index (χ3n) is 9.60. The van der Waals surface area contributed by atoms with Crippen LogP contribution in [0.15, 0.2) is 186 Å². The highest BCUT2D eigenvalue weighted by molar-refractivity contribution is 6.20. The predicted molar refractivity (Wildman–Crippen MR) is 202 cm³/mol. The van der Waals surface area contributed by atoms with Crippen LogP contribution in [0.1, 0.15) is 17.9 Å². The van der Waals surface area contributed by atoms with E-state index in [4.69, 9.17) is 4.42 Å². The highest BCUT2D eigenvalue weighted by atomic mass is 16.3. The molecule has 0 fully saturated rings. The zero-order valence-electron chi connectivity index (χ0n) is 26.5. The molecule has 0 spiro atoms. The van der Waals surface area contributed by atoms with Crippen molar-refractivity contribution in [2.45, 2.75) is 12.3 Å². The molecule has 0 radical (unpaired) electrons. The van der Waals surface area contributed by atoms with E-state index in [0.717, 1.165) is 51.2 Å². The smallest absolute Gasteiger partial charge is 0.136 e. The van der Waals surface area contributed by atoms with Gasteiger partial charge >= 0.3 is 0 Å². The maximum absolute atomic E-state index is 6.62. The first-order chi connectivity index (χ1) is 23.8. The number of hydrogen-bond acceptors (Lipinski definition) is 2. The fourth-order valence-corrected chi connectivity index (χ4v) is 7.23. The summed E-state index contributed by atoms with van der Waals surface area (Å²) in [6.45, 7) is 0. The maximum Gasteiger partial charge on any atom is 0.136 e. The molecule has 0 N–H and O–H groups in total. The van der Waals surface area contributed by atoms with Crippen molar-refractivity contribution in [1.29, 1.82) is 0 Å². The molecule has 2 heteroatoms. The number of allylic oxidation sites excluding steroid dienone is 4. The Morgan fingerprint density at radius 3 is 1.73 bits per heavy atom. The molecule has 9 rings (SSSR count). The number of rotatable bonds is 6. The van der Waals surface area contributed by atoms with Crippen LogP contribution in [0.4, 0.5) is 17.1 Å².